The standard InChI is InChI=1S/C12H17ClN4O.C11H19ClN4.C9H11ClN4.B22H3.B22/c1-7(2)9-12(3,4)16-11(18)17(9)8-5-6-14-10(13)15-8;1-7(2)9(11(3,4)13)15-8-5-6-14-10(12)16-8;1-6(2)7(5-11)13-8-3-4-12-9(10)14-8;2*1-13(2)19(14(3)4)22(20(15(5)6)16(7)8)21(17(9)10)18(11)12/h5-7,9H,1-4H3,(H,16,18);5-7,9H,13H2,1-4H3,(H,14,15,16);3-4,6-7H,1-2H3,(H,12,13,14);1H3;/q;;;-1;/t2*9-;7-;;/m001../s1. The highest BCUT2D eigenvalue weighted by Gasteiger charge is 2.50. The molecule has 0 unspecified atom stereocenters. The molecule has 5 N–H and O–H groups in total. The minimum absolute atomic E-state index is 0.0240. The number of amides is 2. The number of hydrogen-bond acceptors (Lipinski definition) is 11. The molecule has 3 aromatic heterocycles. The summed E-state index contributed by atoms with van der Waals surface area (Å²) in [5, 5.41) is 18.6. The molecule has 92 heavy (non-hydrogen) atoms. The summed E-state index contributed by atoms with van der Waals surface area (Å²) < 4.78 is 0. The first-order valence-electron chi connectivity index (χ1n) is 29.2. The van der Waals surface area contributed by atoms with Gasteiger partial charge < -0.3 is 21.7 Å². The summed E-state index contributed by atoms with van der Waals surface area (Å²) in [7, 11) is 134. The van der Waals surface area contributed by atoms with Crippen LogP contribution in [-0.4, -0.2) is 379 Å². The number of urea groups is 1. The maximum absolute atomic E-state index is 12.1. The maximum Gasteiger partial charge on any atom is 0.323 e. The SMILES string of the molecule is CC(C)[C@@H](C#N)Nc1ccnc(Cl)n1.CC(C)[C@@H]1N(c2ccnc(Cl)n2)C(=O)NC1(C)C.CC(C)[C@H](Nc1ccnc(Cl)n1)C(C)(C)N.[B]B([B])B(B([B])[B])B(B(B([B])[B])B([B])[B])B(B([B])[B])B([B])[BH3-].[B]B([B])B(B([B])[B])B(B(B([B])[B])B([B])[B])B(B([B])[B])B([B])[B]. The number of hydrogen-bond donors (Lipinski definition) is 4. The molecule has 398 valence electrons. The highest BCUT2D eigenvalue weighted by molar-refractivity contribution is 8.23. The van der Waals surface area contributed by atoms with E-state index >= 15 is 0 Å². The molecule has 1 aliphatic rings. The molecule has 4 heterocycles. The van der Waals surface area contributed by atoms with Crippen molar-refractivity contribution in [1.82, 2.24) is 35.2 Å². The van der Waals surface area contributed by atoms with Crippen LogP contribution in [0.1, 0.15) is 69.2 Å². The van der Waals surface area contributed by atoms with Crippen LogP contribution in [0.4, 0.5) is 22.2 Å². The summed E-state index contributed by atoms with van der Waals surface area (Å²) in [5.74, 6) is 2.73. The van der Waals surface area contributed by atoms with E-state index in [0.29, 0.717) is 29.3 Å². The summed E-state index contributed by atoms with van der Waals surface area (Å²) in [5.41, 5.74) is 5.50. The summed E-state index contributed by atoms with van der Waals surface area (Å²) in [4.78, 5) is 37.4. The van der Waals surface area contributed by atoms with Gasteiger partial charge in [-0.3, -0.25) is 4.90 Å². The zero-order valence-electron chi connectivity index (χ0n) is 54.0. The zero-order valence-corrected chi connectivity index (χ0v) is 56.2. The van der Waals surface area contributed by atoms with Gasteiger partial charge in [-0.05, 0) is 241 Å². The fourth-order valence-electron chi connectivity index (χ4n) is 11.3. The average Bonchev–Trinajstić information content (AvgIpc) is 1.54. The molecule has 1 fully saturated rings. The van der Waals surface area contributed by atoms with Gasteiger partial charge >= 0.3 is 6.03 Å². The Balaban J connectivity index is 0.00000113. The molecule has 3 atom stereocenters. The molecule has 0 spiro atoms. The zero-order chi connectivity index (χ0) is 71.9. The normalized spacial score (nSPS) is 13.1. The number of aromatic nitrogens is 6. The van der Waals surface area contributed by atoms with E-state index in [0.717, 1.165) is 0 Å². The molecule has 0 bridgehead atoms. The van der Waals surface area contributed by atoms with Gasteiger partial charge in [0.2, 0.25) is 15.9 Å². The van der Waals surface area contributed by atoms with Gasteiger partial charge in [0.05, 0.1) is 17.6 Å². The topological polar surface area (TPSA) is 184 Å². The summed E-state index contributed by atoms with van der Waals surface area (Å²) in [6.45, 7) is 20.3. The van der Waals surface area contributed by atoms with E-state index in [1.807, 2.05) is 41.5 Å². The highest BCUT2D eigenvalue weighted by atomic mass is 35.5. The van der Waals surface area contributed by atoms with Crippen LogP contribution < -0.4 is 26.6 Å². The monoisotopic (exact) mass is 1210 g/mol. The van der Waals surface area contributed by atoms with Crippen molar-refractivity contribution in [3.05, 3.63) is 52.6 Å². The molecule has 1 saturated heterocycles. The van der Waals surface area contributed by atoms with Crippen LogP contribution in [0, 0.1) is 29.1 Å². The van der Waals surface area contributed by atoms with Crippen molar-refractivity contribution in [2.24, 2.45) is 23.5 Å². The second-order valence-corrected chi connectivity index (χ2v) is 25.7. The summed E-state index contributed by atoms with van der Waals surface area (Å²) >= 11 is 17.1. The van der Waals surface area contributed by atoms with E-state index in [2.05, 4.69) is 79.6 Å². The first-order valence-corrected chi connectivity index (χ1v) is 30.3. The molecule has 2 amide bonds. The lowest BCUT2D eigenvalue weighted by Gasteiger charge is -2.46. The molecule has 13 nitrogen and oxygen atoms in total. The van der Waals surface area contributed by atoms with Gasteiger partial charge in [0, 0.05) is 187 Å². The van der Waals surface area contributed by atoms with Crippen LogP contribution >= 0.6 is 34.8 Å². The van der Waals surface area contributed by atoms with E-state index in [1.165, 1.54) is 0 Å². The second-order valence-electron chi connectivity index (χ2n) is 24.7. The lowest BCUT2D eigenvalue weighted by molar-refractivity contribution is 0.248. The predicted octanol–water partition coefficient (Wildman–Crippen LogP) is -10.7. The average molecular weight is 1200 g/mol. The van der Waals surface area contributed by atoms with Crippen LogP contribution in [0.5, 0.6) is 0 Å². The number of nitriles is 1. The third kappa shape index (κ3) is 30.0. The fraction of sp³-hybridized carbons (Fsp3) is 0.562. The predicted molar refractivity (Wildman–Crippen MR) is 451 cm³/mol. The number of nitrogens with one attached hydrogen (secondary N) is 3. The van der Waals surface area contributed by atoms with Crippen molar-refractivity contribution in [3.8, 4) is 6.07 Å². The van der Waals surface area contributed by atoms with Crippen LogP contribution in [-0.2, 0) is 0 Å². The quantitative estimate of drug-likeness (QED) is 0.0421. The Morgan fingerprint density at radius 2 is 0.848 bits per heavy atom. The number of nitrogens with two attached hydrogens (primary N) is 1. The first kappa shape index (κ1) is 91.3. The molecule has 1 aliphatic heterocycles. The van der Waals surface area contributed by atoms with Crippen molar-refractivity contribution < 1.29 is 4.79 Å². The minimum atomic E-state index is -0.926. The van der Waals surface area contributed by atoms with Gasteiger partial charge in [-0.1, -0.05) is 49.3 Å². The Bertz CT molecular complexity index is 2420. The van der Waals surface area contributed by atoms with Crippen LogP contribution in [0.15, 0.2) is 36.8 Å². The number of carbonyl (C=O) groups is 1. The van der Waals surface area contributed by atoms with E-state index < -0.39 is 115 Å². The van der Waals surface area contributed by atoms with Crippen molar-refractivity contribution in [3.63, 3.8) is 0 Å². The smallest absolute Gasteiger partial charge is 0.323 e. The first-order chi connectivity index (χ1) is 42.1. The van der Waals surface area contributed by atoms with E-state index in [-0.39, 0.29) is 77.5 Å². The molecular formula is C32H50B44Cl3N12O-. The Labute approximate surface area is 608 Å². The number of nitrogens with zero attached hydrogens (tertiary/aromatic N) is 8. The maximum atomic E-state index is 12.1. The molecule has 46 radical (unpaired) electrons. The fourth-order valence-corrected chi connectivity index (χ4v) is 11.7. The van der Waals surface area contributed by atoms with Gasteiger partial charge in [0.1, 0.15) is 23.5 Å². The Hall–Kier alpha value is -0.713. The third-order valence-corrected chi connectivity index (χ3v) is 15.6. The van der Waals surface area contributed by atoms with Crippen molar-refractivity contribution in [1.29, 1.82) is 5.26 Å². The summed E-state index contributed by atoms with van der Waals surface area (Å²) in [6, 6.07) is 7.06. The van der Waals surface area contributed by atoms with Crippen LogP contribution in [0.3, 0.4) is 0 Å². The van der Waals surface area contributed by atoms with Crippen LogP contribution in [0.25, 0.3) is 0 Å². The van der Waals surface area contributed by atoms with E-state index in [4.69, 9.17) is 224 Å². The number of halogens is 3. The van der Waals surface area contributed by atoms with E-state index in [1.54, 1.807) is 41.7 Å². The number of rotatable bonds is 27. The molecule has 0 aliphatic carbocycles. The van der Waals surface area contributed by atoms with Gasteiger partial charge in [0.25, 0.3) is 0 Å². The summed E-state index contributed by atoms with van der Waals surface area (Å²) in [6.07, 6.45) is -9.92. The van der Waals surface area contributed by atoms with Gasteiger partial charge in [-0.25, -0.2) is 34.7 Å². The number of carbonyl (C=O) groups excluding carboxylic acids is 1. The van der Waals surface area contributed by atoms with Crippen LogP contribution in [0.2, 0.25) is 15.9 Å². The lowest BCUT2D eigenvalue weighted by atomic mass is 8.36. The lowest BCUT2D eigenvalue weighted by Crippen LogP contribution is -2.83. The van der Waals surface area contributed by atoms with Gasteiger partial charge in [-0.2, -0.15) is 5.26 Å². The molecule has 0 aromatic carbocycles. The highest BCUT2D eigenvalue weighted by Crippen LogP contribution is 2.33. The number of anilines is 3. The molecule has 4 rings (SSSR count). The van der Waals surface area contributed by atoms with Crippen molar-refractivity contribution >= 4 is 372 Å². The molecule has 3 aromatic rings. The Morgan fingerprint density at radius 3 is 1.10 bits per heavy atom. The third-order valence-electron chi connectivity index (χ3n) is 15.1. The van der Waals surface area contributed by atoms with E-state index in [9.17, 15) is 4.79 Å². The van der Waals surface area contributed by atoms with Crippen molar-refractivity contribution in [2.75, 3.05) is 15.5 Å². The second kappa shape index (κ2) is 43.1. The Morgan fingerprint density at radius 1 is 0.543 bits per heavy atom. The molecule has 60 heteroatoms. The van der Waals surface area contributed by atoms with Gasteiger partial charge in [-0.15, -0.1) is 6.39 Å². The van der Waals surface area contributed by atoms with Gasteiger partial charge in [0.15, 0.2) is 0 Å². The van der Waals surface area contributed by atoms with Crippen molar-refractivity contribution in [2.45, 2.75) is 98.4 Å². The molecule has 0 saturated carbocycles. The molecular weight excluding hydrogens is 1150 g/mol. The minimum Gasteiger partial charge on any atom is -0.365 e. The Kier molecular flexibility index (Phi) is 42.7. The largest absolute Gasteiger partial charge is 0.365 e.